The zero-order chi connectivity index (χ0) is 21.1. The molecule has 9 heteroatoms. The average Bonchev–Trinajstić information content (AvgIpc) is 2.74. The predicted octanol–water partition coefficient (Wildman–Crippen LogP) is 5.35. The first-order valence-electron chi connectivity index (χ1n) is 8.82. The number of halogens is 3. The highest BCUT2D eigenvalue weighted by Gasteiger charge is 2.33. The van der Waals surface area contributed by atoms with Gasteiger partial charge in [0.15, 0.2) is 5.82 Å². The first-order chi connectivity index (χ1) is 14.4. The highest BCUT2D eigenvalue weighted by atomic mass is 19.4. The monoisotopic (exact) mass is 409 g/mol. The molecular weight excluding hydrogens is 395 g/mol. The molecule has 150 valence electrons. The zero-order valence-corrected chi connectivity index (χ0v) is 15.3. The number of alkyl halides is 3. The van der Waals surface area contributed by atoms with Gasteiger partial charge in [-0.15, -0.1) is 0 Å². The molecule has 0 atom stereocenters. The Balaban J connectivity index is 1.60. The van der Waals surface area contributed by atoms with E-state index in [4.69, 9.17) is 0 Å². The predicted molar refractivity (Wildman–Crippen MR) is 107 cm³/mol. The number of amides is 2. The molecule has 0 radical (unpaired) electrons. The van der Waals surface area contributed by atoms with Gasteiger partial charge in [-0.2, -0.15) is 13.2 Å². The van der Waals surface area contributed by atoms with Crippen LogP contribution in [-0.2, 0) is 6.18 Å². The van der Waals surface area contributed by atoms with E-state index in [0.29, 0.717) is 22.5 Å². The van der Waals surface area contributed by atoms with Crippen molar-refractivity contribution in [2.24, 2.45) is 0 Å². The van der Waals surface area contributed by atoms with Gasteiger partial charge >= 0.3 is 12.2 Å². The largest absolute Gasteiger partial charge is 0.433 e. The number of para-hydroxylation sites is 1. The quantitative estimate of drug-likeness (QED) is 0.478. The minimum atomic E-state index is -4.64. The standard InChI is InChI=1S/C21H14F3N5O/c22-21(23,24)18-12-17(15-7-1-2-8-16(15)28-18)29-20(30)27-14-6-3-5-13(11-14)19-25-9-4-10-26-19/h1-12H,(H2,27,28,29,30). The summed E-state index contributed by atoms with van der Waals surface area (Å²) in [6.07, 6.45) is -1.44. The molecule has 0 saturated carbocycles. The molecule has 0 saturated heterocycles. The number of aromatic nitrogens is 3. The molecule has 4 rings (SSSR count). The van der Waals surface area contributed by atoms with Crippen LogP contribution in [0, 0.1) is 0 Å². The first-order valence-corrected chi connectivity index (χ1v) is 8.82. The Labute approximate surface area is 168 Å². The van der Waals surface area contributed by atoms with E-state index in [1.807, 2.05) is 0 Å². The summed E-state index contributed by atoms with van der Waals surface area (Å²) in [6.45, 7) is 0. The van der Waals surface area contributed by atoms with Crippen molar-refractivity contribution in [2.75, 3.05) is 10.6 Å². The molecular formula is C21H14F3N5O. The number of nitrogens with zero attached hydrogens (tertiary/aromatic N) is 3. The van der Waals surface area contributed by atoms with Gasteiger partial charge in [-0.3, -0.25) is 0 Å². The number of anilines is 2. The van der Waals surface area contributed by atoms with E-state index in [-0.39, 0.29) is 11.2 Å². The smallest absolute Gasteiger partial charge is 0.308 e. The third kappa shape index (κ3) is 4.19. The number of hydrogen-bond donors (Lipinski definition) is 2. The number of benzene rings is 2. The highest BCUT2D eigenvalue weighted by molar-refractivity contribution is 6.05. The van der Waals surface area contributed by atoms with Gasteiger partial charge in [0.25, 0.3) is 0 Å². The van der Waals surface area contributed by atoms with Crippen LogP contribution in [0.25, 0.3) is 22.3 Å². The summed E-state index contributed by atoms with van der Waals surface area (Å²) in [7, 11) is 0. The maximum Gasteiger partial charge on any atom is 0.433 e. The molecule has 0 bridgehead atoms. The lowest BCUT2D eigenvalue weighted by Crippen LogP contribution is -2.20. The molecule has 2 aromatic carbocycles. The third-order valence-electron chi connectivity index (χ3n) is 4.20. The summed E-state index contributed by atoms with van der Waals surface area (Å²) >= 11 is 0. The van der Waals surface area contributed by atoms with Crippen molar-refractivity contribution in [2.45, 2.75) is 6.18 Å². The topological polar surface area (TPSA) is 79.8 Å². The van der Waals surface area contributed by atoms with Crippen LogP contribution in [0.1, 0.15) is 5.69 Å². The van der Waals surface area contributed by atoms with Crippen LogP contribution in [0.5, 0.6) is 0 Å². The van der Waals surface area contributed by atoms with E-state index in [1.165, 1.54) is 6.07 Å². The molecule has 2 aromatic heterocycles. The Kier molecular flexibility index (Phi) is 5.01. The number of carbonyl (C=O) groups excluding carboxylic acids is 1. The van der Waals surface area contributed by atoms with Gasteiger partial charge in [-0.1, -0.05) is 30.3 Å². The number of pyridine rings is 1. The summed E-state index contributed by atoms with van der Waals surface area (Å²) in [5, 5.41) is 5.50. The highest BCUT2D eigenvalue weighted by Crippen LogP contribution is 2.33. The van der Waals surface area contributed by atoms with Crippen molar-refractivity contribution >= 4 is 28.3 Å². The lowest BCUT2D eigenvalue weighted by atomic mass is 10.1. The zero-order valence-electron chi connectivity index (χ0n) is 15.3. The Hall–Kier alpha value is -4.01. The Morgan fingerprint density at radius 2 is 1.63 bits per heavy atom. The normalized spacial score (nSPS) is 11.3. The molecule has 2 N–H and O–H groups in total. The number of carbonyl (C=O) groups is 1. The van der Waals surface area contributed by atoms with Crippen LogP contribution in [0.15, 0.2) is 73.1 Å². The Bertz CT molecular complexity index is 1210. The molecule has 0 fully saturated rings. The van der Waals surface area contributed by atoms with Crippen molar-refractivity contribution in [3.8, 4) is 11.4 Å². The number of urea groups is 1. The van der Waals surface area contributed by atoms with E-state index >= 15 is 0 Å². The summed E-state index contributed by atoms with van der Waals surface area (Å²) in [4.78, 5) is 24.4. The third-order valence-corrected chi connectivity index (χ3v) is 4.20. The second kappa shape index (κ2) is 7.78. The van der Waals surface area contributed by atoms with Gasteiger partial charge in [0.2, 0.25) is 0 Å². The van der Waals surface area contributed by atoms with Crippen molar-refractivity contribution in [1.82, 2.24) is 15.0 Å². The molecule has 2 heterocycles. The maximum absolute atomic E-state index is 13.2. The lowest BCUT2D eigenvalue weighted by molar-refractivity contribution is -0.140. The number of rotatable bonds is 3. The van der Waals surface area contributed by atoms with Crippen LogP contribution >= 0.6 is 0 Å². The fraction of sp³-hybridized carbons (Fsp3) is 0.0476. The van der Waals surface area contributed by atoms with Crippen LogP contribution in [-0.4, -0.2) is 21.0 Å². The van der Waals surface area contributed by atoms with Gasteiger partial charge in [-0.25, -0.2) is 19.7 Å². The minimum Gasteiger partial charge on any atom is -0.308 e. The molecule has 0 aliphatic heterocycles. The fourth-order valence-corrected chi connectivity index (χ4v) is 2.89. The first kappa shape index (κ1) is 19.3. The van der Waals surface area contributed by atoms with E-state index < -0.39 is 17.9 Å². The van der Waals surface area contributed by atoms with Crippen LogP contribution in [0.4, 0.5) is 29.3 Å². The maximum atomic E-state index is 13.2. The van der Waals surface area contributed by atoms with E-state index in [1.54, 1.807) is 60.9 Å². The SMILES string of the molecule is O=C(Nc1cccc(-c2ncccn2)c1)Nc1cc(C(F)(F)F)nc2ccccc12. The van der Waals surface area contributed by atoms with Gasteiger partial charge in [0, 0.05) is 29.0 Å². The molecule has 0 aliphatic rings. The summed E-state index contributed by atoms with van der Waals surface area (Å²) in [6, 6.07) is 14.9. The summed E-state index contributed by atoms with van der Waals surface area (Å²) in [5.41, 5.74) is 0.174. The summed E-state index contributed by atoms with van der Waals surface area (Å²) < 4.78 is 39.5. The number of nitrogens with one attached hydrogen (secondary N) is 2. The average molecular weight is 409 g/mol. The van der Waals surface area contributed by atoms with Gasteiger partial charge in [-0.05, 0) is 30.3 Å². The van der Waals surface area contributed by atoms with Crippen molar-refractivity contribution in [1.29, 1.82) is 0 Å². The minimum absolute atomic E-state index is 0.00738. The van der Waals surface area contributed by atoms with Crippen molar-refractivity contribution in [3.63, 3.8) is 0 Å². The molecule has 0 spiro atoms. The fourth-order valence-electron chi connectivity index (χ4n) is 2.89. The molecule has 0 aliphatic carbocycles. The van der Waals surface area contributed by atoms with Gasteiger partial charge in [0.1, 0.15) is 5.69 Å². The van der Waals surface area contributed by atoms with Crippen molar-refractivity contribution < 1.29 is 18.0 Å². The Morgan fingerprint density at radius 1 is 0.867 bits per heavy atom. The van der Waals surface area contributed by atoms with Crippen LogP contribution in [0.3, 0.4) is 0 Å². The summed E-state index contributed by atoms with van der Waals surface area (Å²) in [5.74, 6) is 0.483. The van der Waals surface area contributed by atoms with E-state index in [0.717, 1.165) is 6.07 Å². The van der Waals surface area contributed by atoms with Crippen LogP contribution in [0.2, 0.25) is 0 Å². The molecule has 4 aromatic rings. The molecule has 30 heavy (non-hydrogen) atoms. The second-order valence-corrected chi connectivity index (χ2v) is 6.30. The van der Waals surface area contributed by atoms with Crippen LogP contribution < -0.4 is 10.6 Å². The number of hydrogen-bond acceptors (Lipinski definition) is 4. The van der Waals surface area contributed by atoms with Gasteiger partial charge < -0.3 is 10.6 Å². The van der Waals surface area contributed by atoms with E-state index in [9.17, 15) is 18.0 Å². The lowest BCUT2D eigenvalue weighted by Gasteiger charge is -2.13. The molecule has 0 unspecified atom stereocenters. The van der Waals surface area contributed by atoms with E-state index in [2.05, 4.69) is 25.6 Å². The second-order valence-electron chi connectivity index (χ2n) is 6.30. The molecule has 6 nitrogen and oxygen atoms in total. The van der Waals surface area contributed by atoms with Crippen molar-refractivity contribution in [3.05, 3.63) is 78.8 Å². The Morgan fingerprint density at radius 3 is 2.40 bits per heavy atom. The number of fused-ring (bicyclic) bond motifs is 1. The molecule has 2 amide bonds. The van der Waals surface area contributed by atoms with Gasteiger partial charge in [0.05, 0.1) is 11.2 Å².